The van der Waals surface area contributed by atoms with E-state index in [1.165, 1.54) is 14.0 Å². The van der Waals surface area contributed by atoms with Crippen LogP contribution in [0, 0.1) is 5.41 Å². The molecule has 0 saturated heterocycles. The minimum Gasteiger partial charge on any atom is -0.497 e. The fourth-order valence-corrected chi connectivity index (χ4v) is 1.64. The minimum absolute atomic E-state index is 0.0774. The Morgan fingerprint density at radius 3 is 2.25 bits per heavy atom. The molecule has 0 radical (unpaired) electrons. The van der Waals surface area contributed by atoms with E-state index in [0.717, 1.165) is 0 Å². The summed E-state index contributed by atoms with van der Waals surface area (Å²) in [6, 6.07) is 6.92. The van der Waals surface area contributed by atoms with Crippen LogP contribution >= 0.6 is 0 Å². The average molecular weight is 281 g/mol. The molecule has 0 bridgehead atoms. The Morgan fingerprint density at radius 1 is 1.25 bits per heavy atom. The number of carbonyl (C=O) groups excluding carboxylic acids is 1. The van der Waals surface area contributed by atoms with Crippen molar-refractivity contribution in [2.24, 2.45) is 5.41 Å². The molecule has 110 valence electrons. The number of ether oxygens (including phenoxy) is 2. The van der Waals surface area contributed by atoms with E-state index in [9.17, 15) is 9.59 Å². The van der Waals surface area contributed by atoms with Crippen LogP contribution in [0.3, 0.4) is 0 Å². The Labute approximate surface area is 117 Å². The number of carbonyl (C=O) groups is 2. The van der Waals surface area contributed by atoms with E-state index in [2.05, 4.69) is 5.32 Å². The fourth-order valence-electron chi connectivity index (χ4n) is 1.64. The molecule has 6 nitrogen and oxygen atoms in total. The van der Waals surface area contributed by atoms with Gasteiger partial charge in [-0.3, -0.25) is 9.59 Å². The molecular weight excluding hydrogens is 262 g/mol. The van der Waals surface area contributed by atoms with Crippen LogP contribution < -0.4 is 14.8 Å². The molecule has 1 aromatic carbocycles. The number of hydrogen-bond acceptors (Lipinski definition) is 4. The monoisotopic (exact) mass is 281 g/mol. The normalized spacial score (nSPS) is 13.2. The molecule has 20 heavy (non-hydrogen) atoms. The Morgan fingerprint density at radius 2 is 1.80 bits per heavy atom. The molecule has 0 fully saturated rings. The SMILES string of the molecule is CNC(=O)C(C)(CCOc1ccc(OC)cc1)C(=O)O. The lowest BCUT2D eigenvalue weighted by atomic mass is 9.86. The van der Waals surface area contributed by atoms with Gasteiger partial charge in [-0.2, -0.15) is 0 Å². The third-order valence-electron chi connectivity index (χ3n) is 3.13. The largest absolute Gasteiger partial charge is 0.497 e. The second-order valence-corrected chi connectivity index (χ2v) is 4.49. The summed E-state index contributed by atoms with van der Waals surface area (Å²) in [5, 5.41) is 11.5. The highest BCUT2D eigenvalue weighted by atomic mass is 16.5. The average Bonchev–Trinajstić information content (AvgIpc) is 2.46. The lowest BCUT2D eigenvalue weighted by molar-refractivity contribution is -0.155. The zero-order valence-corrected chi connectivity index (χ0v) is 11.8. The highest BCUT2D eigenvalue weighted by Crippen LogP contribution is 2.23. The summed E-state index contributed by atoms with van der Waals surface area (Å²) < 4.78 is 10.5. The maximum Gasteiger partial charge on any atom is 0.319 e. The molecular formula is C14H19NO5. The Bertz CT molecular complexity index is 471. The molecule has 0 aliphatic heterocycles. The zero-order valence-electron chi connectivity index (χ0n) is 11.8. The van der Waals surface area contributed by atoms with Gasteiger partial charge in [-0.15, -0.1) is 0 Å². The van der Waals surface area contributed by atoms with Gasteiger partial charge in [0.15, 0.2) is 0 Å². The smallest absolute Gasteiger partial charge is 0.319 e. The van der Waals surface area contributed by atoms with E-state index < -0.39 is 17.3 Å². The molecule has 1 rings (SSSR count). The maximum atomic E-state index is 11.6. The molecule has 2 N–H and O–H groups in total. The first-order valence-electron chi connectivity index (χ1n) is 6.16. The van der Waals surface area contributed by atoms with E-state index in [1.54, 1.807) is 31.4 Å². The number of carboxylic acid groups (broad SMARTS) is 1. The highest BCUT2D eigenvalue weighted by Gasteiger charge is 2.40. The van der Waals surface area contributed by atoms with Crippen molar-refractivity contribution in [2.75, 3.05) is 20.8 Å². The van der Waals surface area contributed by atoms with Gasteiger partial charge in [-0.05, 0) is 31.2 Å². The minimum atomic E-state index is -1.50. The summed E-state index contributed by atoms with van der Waals surface area (Å²) in [5.74, 6) is -0.410. The zero-order chi connectivity index (χ0) is 15.2. The summed E-state index contributed by atoms with van der Waals surface area (Å²) >= 11 is 0. The molecule has 0 saturated carbocycles. The van der Waals surface area contributed by atoms with Gasteiger partial charge in [-0.25, -0.2) is 0 Å². The van der Waals surface area contributed by atoms with Crippen LogP contribution in [-0.2, 0) is 9.59 Å². The van der Waals surface area contributed by atoms with Crippen molar-refractivity contribution < 1.29 is 24.2 Å². The van der Waals surface area contributed by atoms with E-state index in [1.807, 2.05) is 0 Å². The molecule has 0 spiro atoms. The summed E-state index contributed by atoms with van der Waals surface area (Å²) in [6.45, 7) is 1.51. The van der Waals surface area contributed by atoms with Gasteiger partial charge in [0, 0.05) is 13.5 Å². The lowest BCUT2D eigenvalue weighted by Gasteiger charge is -2.22. The first kappa shape index (κ1) is 15.8. The van der Waals surface area contributed by atoms with E-state index in [0.29, 0.717) is 11.5 Å². The number of benzene rings is 1. The maximum absolute atomic E-state index is 11.6. The van der Waals surface area contributed by atoms with Gasteiger partial charge >= 0.3 is 5.97 Å². The quantitative estimate of drug-likeness (QED) is 0.736. The van der Waals surface area contributed by atoms with Crippen LogP contribution in [-0.4, -0.2) is 37.7 Å². The van der Waals surface area contributed by atoms with Crippen molar-refractivity contribution in [1.82, 2.24) is 5.32 Å². The summed E-state index contributed by atoms with van der Waals surface area (Å²) in [4.78, 5) is 22.9. The van der Waals surface area contributed by atoms with Gasteiger partial charge < -0.3 is 19.9 Å². The number of aliphatic carboxylic acids is 1. The third kappa shape index (κ3) is 3.63. The van der Waals surface area contributed by atoms with Crippen molar-refractivity contribution in [1.29, 1.82) is 0 Å². The predicted molar refractivity (Wildman–Crippen MR) is 72.9 cm³/mol. The second kappa shape index (κ2) is 6.79. The first-order chi connectivity index (χ1) is 9.43. The molecule has 0 heterocycles. The molecule has 0 aliphatic carbocycles. The fraction of sp³-hybridized carbons (Fsp3) is 0.429. The van der Waals surface area contributed by atoms with Crippen LogP contribution in [0.1, 0.15) is 13.3 Å². The Kier molecular flexibility index (Phi) is 5.37. The standard InChI is InChI=1S/C14H19NO5/c1-14(13(17)18,12(16)15-2)8-9-20-11-6-4-10(19-3)5-7-11/h4-7H,8-9H2,1-3H3,(H,15,16)(H,17,18). The Balaban J connectivity index is 2.60. The van der Waals surface area contributed by atoms with Gasteiger partial charge in [0.05, 0.1) is 13.7 Å². The number of methoxy groups -OCH3 is 1. The molecule has 0 aliphatic rings. The predicted octanol–water partition coefficient (Wildman–Crippen LogP) is 1.30. The molecule has 1 amide bonds. The van der Waals surface area contributed by atoms with Crippen LogP contribution in [0.15, 0.2) is 24.3 Å². The van der Waals surface area contributed by atoms with Crippen LogP contribution in [0.2, 0.25) is 0 Å². The van der Waals surface area contributed by atoms with Crippen molar-refractivity contribution in [3.63, 3.8) is 0 Å². The third-order valence-corrected chi connectivity index (χ3v) is 3.13. The molecule has 1 atom stereocenters. The lowest BCUT2D eigenvalue weighted by Crippen LogP contribution is -2.44. The van der Waals surface area contributed by atoms with E-state index in [4.69, 9.17) is 14.6 Å². The van der Waals surface area contributed by atoms with Gasteiger partial charge in [0.25, 0.3) is 0 Å². The van der Waals surface area contributed by atoms with Crippen molar-refractivity contribution in [2.45, 2.75) is 13.3 Å². The number of rotatable bonds is 7. The van der Waals surface area contributed by atoms with Crippen molar-refractivity contribution >= 4 is 11.9 Å². The molecule has 1 aromatic rings. The Hall–Kier alpha value is -2.24. The first-order valence-corrected chi connectivity index (χ1v) is 6.16. The van der Waals surface area contributed by atoms with Gasteiger partial charge in [0.1, 0.15) is 16.9 Å². The number of nitrogens with one attached hydrogen (secondary N) is 1. The highest BCUT2D eigenvalue weighted by molar-refractivity contribution is 6.01. The second-order valence-electron chi connectivity index (χ2n) is 4.49. The van der Waals surface area contributed by atoms with Crippen LogP contribution in [0.4, 0.5) is 0 Å². The van der Waals surface area contributed by atoms with Gasteiger partial charge in [0.2, 0.25) is 5.91 Å². The van der Waals surface area contributed by atoms with Crippen LogP contribution in [0.25, 0.3) is 0 Å². The number of hydrogen-bond donors (Lipinski definition) is 2. The van der Waals surface area contributed by atoms with Crippen LogP contribution in [0.5, 0.6) is 11.5 Å². The summed E-state index contributed by atoms with van der Waals surface area (Å²) in [7, 11) is 2.98. The molecule has 0 aromatic heterocycles. The number of amides is 1. The van der Waals surface area contributed by atoms with Crippen molar-refractivity contribution in [3.8, 4) is 11.5 Å². The van der Waals surface area contributed by atoms with E-state index in [-0.39, 0.29) is 13.0 Å². The summed E-state index contributed by atoms with van der Waals surface area (Å²) in [5.41, 5.74) is -1.50. The number of carboxylic acids is 1. The topological polar surface area (TPSA) is 84.9 Å². The van der Waals surface area contributed by atoms with E-state index >= 15 is 0 Å². The molecule has 6 heteroatoms. The summed E-state index contributed by atoms with van der Waals surface area (Å²) in [6.07, 6.45) is 0.0774. The van der Waals surface area contributed by atoms with Gasteiger partial charge in [-0.1, -0.05) is 0 Å². The molecule has 1 unspecified atom stereocenters. The van der Waals surface area contributed by atoms with Crippen molar-refractivity contribution in [3.05, 3.63) is 24.3 Å².